The molecule has 0 radical (unpaired) electrons. The molecule has 2 aromatic carbocycles. The normalized spacial score (nSPS) is 11.0. The zero-order valence-electron chi connectivity index (χ0n) is 15.3. The molecule has 0 spiro atoms. The van der Waals surface area contributed by atoms with Gasteiger partial charge in [-0.3, -0.25) is 0 Å². The lowest BCUT2D eigenvalue weighted by atomic mass is 10.1. The summed E-state index contributed by atoms with van der Waals surface area (Å²) in [6.45, 7) is 3.72. The molecule has 0 N–H and O–H groups in total. The Balaban J connectivity index is 1.91. The zero-order valence-corrected chi connectivity index (χ0v) is 17.6. The van der Waals surface area contributed by atoms with Crippen LogP contribution in [0.15, 0.2) is 63.8 Å². The minimum atomic E-state index is 0.485. The van der Waals surface area contributed by atoms with Gasteiger partial charge in [-0.05, 0) is 43.2 Å². The van der Waals surface area contributed by atoms with Gasteiger partial charge in [-0.25, -0.2) is 4.98 Å². The molecule has 3 rings (SSSR count). The van der Waals surface area contributed by atoms with E-state index < -0.39 is 0 Å². The average molecular weight is 427 g/mol. The molecule has 4 nitrogen and oxygen atoms in total. The average Bonchev–Trinajstić information content (AvgIpc) is 2.66. The molecule has 0 bridgehead atoms. The third kappa shape index (κ3) is 4.90. The summed E-state index contributed by atoms with van der Waals surface area (Å²) in [6, 6.07) is 17.3. The monoisotopic (exact) mass is 426 g/mol. The van der Waals surface area contributed by atoms with Crippen LogP contribution < -0.4 is 0 Å². The summed E-state index contributed by atoms with van der Waals surface area (Å²) in [6.07, 6.45) is 0. The molecule has 0 saturated carbocycles. The molecule has 0 aliphatic rings. The molecule has 0 amide bonds. The first-order valence-corrected chi connectivity index (χ1v) is 10.2. The van der Waals surface area contributed by atoms with Crippen molar-refractivity contribution in [3.05, 3.63) is 81.0 Å². The van der Waals surface area contributed by atoms with Crippen LogP contribution in [-0.4, -0.2) is 4.98 Å². The molecule has 0 fully saturated rings. The van der Waals surface area contributed by atoms with Crippen molar-refractivity contribution in [2.24, 2.45) is 10.2 Å². The first kappa shape index (κ1) is 20.3. The Morgan fingerprint density at radius 2 is 1.71 bits per heavy atom. The van der Waals surface area contributed by atoms with E-state index in [1.807, 2.05) is 32.0 Å². The number of thioether (sulfide) groups is 1. The van der Waals surface area contributed by atoms with E-state index in [-0.39, 0.29) is 0 Å². The Morgan fingerprint density at radius 3 is 2.36 bits per heavy atom. The Bertz CT molecular complexity index is 1060. The van der Waals surface area contributed by atoms with Crippen LogP contribution in [0.5, 0.6) is 0 Å². The summed E-state index contributed by atoms with van der Waals surface area (Å²) in [7, 11) is 0. The summed E-state index contributed by atoms with van der Waals surface area (Å²) in [5, 5.41) is 19.9. The predicted molar refractivity (Wildman–Crippen MR) is 115 cm³/mol. The van der Waals surface area contributed by atoms with E-state index in [1.165, 1.54) is 17.3 Å². The molecule has 1 aromatic heterocycles. The Hall–Kier alpha value is -2.39. The number of pyridine rings is 1. The van der Waals surface area contributed by atoms with E-state index in [0.717, 1.165) is 11.3 Å². The molecule has 0 unspecified atom stereocenters. The van der Waals surface area contributed by atoms with Crippen LogP contribution in [-0.2, 0) is 5.75 Å². The van der Waals surface area contributed by atoms with Gasteiger partial charge in [-0.2, -0.15) is 10.4 Å². The molecule has 3 aromatic rings. The molecule has 140 valence electrons. The number of aryl methyl sites for hydroxylation is 1. The number of nitrogens with zero attached hydrogens (tertiary/aromatic N) is 4. The molecule has 0 saturated heterocycles. The maximum absolute atomic E-state index is 9.66. The van der Waals surface area contributed by atoms with Gasteiger partial charge in [-0.1, -0.05) is 53.5 Å². The number of benzene rings is 2. The highest BCUT2D eigenvalue weighted by molar-refractivity contribution is 7.98. The topological polar surface area (TPSA) is 61.4 Å². The molecule has 0 atom stereocenters. The molecule has 28 heavy (non-hydrogen) atoms. The summed E-state index contributed by atoms with van der Waals surface area (Å²) in [5.74, 6) is 0.739. The number of hydrogen-bond donors (Lipinski definition) is 0. The van der Waals surface area contributed by atoms with Crippen LogP contribution in [0.25, 0.3) is 0 Å². The fourth-order valence-electron chi connectivity index (χ4n) is 2.63. The van der Waals surface area contributed by atoms with Crippen molar-refractivity contribution in [3.63, 3.8) is 0 Å². The second kappa shape index (κ2) is 9.20. The molecule has 0 aliphatic heterocycles. The van der Waals surface area contributed by atoms with Crippen molar-refractivity contribution >= 4 is 46.3 Å². The predicted octanol–water partition coefficient (Wildman–Crippen LogP) is 7.58. The van der Waals surface area contributed by atoms with Crippen LogP contribution in [0.1, 0.15) is 22.4 Å². The SMILES string of the molecule is Cc1nc(SCc2ccccc2)c(C#N)c(C)c1N=Nc1cc(Cl)cc(Cl)c1. The number of azo groups is 1. The maximum atomic E-state index is 9.66. The number of halogens is 2. The van der Waals surface area contributed by atoms with Crippen molar-refractivity contribution in [2.75, 3.05) is 0 Å². The van der Waals surface area contributed by atoms with Gasteiger partial charge in [0.1, 0.15) is 16.8 Å². The van der Waals surface area contributed by atoms with Gasteiger partial charge in [0.15, 0.2) is 0 Å². The zero-order chi connectivity index (χ0) is 20.1. The molecule has 1 heterocycles. The van der Waals surface area contributed by atoms with Crippen LogP contribution in [0, 0.1) is 25.2 Å². The number of rotatable bonds is 5. The first-order valence-electron chi connectivity index (χ1n) is 8.44. The molecule has 0 aliphatic carbocycles. The molecule has 7 heteroatoms. The Kier molecular flexibility index (Phi) is 6.69. The van der Waals surface area contributed by atoms with Gasteiger partial charge in [0.2, 0.25) is 0 Å². The summed E-state index contributed by atoms with van der Waals surface area (Å²) < 4.78 is 0. The van der Waals surface area contributed by atoms with Crippen LogP contribution in [0.2, 0.25) is 10.0 Å². The minimum Gasteiger partial charge on any atom is -0.243 e. The van der Waals surface area contributed by atoms with Crippen LogP contribution >= 0.6 is 35.0 Å². The molecular weight excluding hydrogens is 411 g/mol. The second-order valence-corrected chi connectivity index (χ2v) is 7.90. The number of aromatic nitrogens is 1. The summed E-state index contributed by atoms with van der Waals surface area (Å²) in [4.78, 5) is 4.60. The van der Waals surface area contributed by atoms with E-state index in [0.29, 0.717) is 37.7 Å². The first-order chi connectivity index (χ1) is 13.5. The van der Waals surface area contributed by atoms with Gasteiger partial charge in [-0.15, -0.1) is 16.9 Å². The fraction of sp³-hybridized carbons (Fsp3) is 0.143. The van der Waals surface area contributed by atoms with Crippen molar-refractivity contribution in [1.82, 2.24) is 4.98 Å². The van der Waals surface area contributed by atoms with Crippen LogP contribution in [0.3, 0.4) is 0 Å². The third-order valence-corrected chi connectivity index (χ3v) is 5.48. The quantitative estimate of drug-likeness (QED) is 0.311. The highest BCUT2D eigenvalue weighted by Crippen LogP contribution is 2.34. The summed E-state index contributed by atoms with van der Waals surface area (Å²) in [5.41, 5.74) is 4.28. The second-order valence-electron chi connectivity index (χ2n) is 6.06. The Labute approximate surface area is 178 Å². The Morgan fingerprint density at radius 1 is 1.04 bits per heavy atom. The van der Waals surface area contributed by atoms with Gasteiger partial charge >= 0.3 is 0 Å². The lowest BCUT2D eigenvalue weighted by Gasteiger charge is -2.10. The minimum absolute atomic E-state index is 0.485. The number of nitriles is 1. The van der Waals surface area contributed by atoms with Gasteiger partial charge < -0.3 is 0 Å². The van der Waals surface area contributed by atoms with Crippen molar-refractivity contribution in [1.29, 1.82) is 5.26 Å². The lowest BCUT2D eigenvalue weighted by Crippen LogP contribution is -1.96. The largest absolute Gasteiger partial charge is 0.243 e. The number of hydrogen-bond acceptors (Lipinski definition) is 5. The third-order valence-electron chi connectivity index (χ3n) is 4.00. The fourth-order valence-corrected chi connectivity index (χ4v) is 4.18. The standard InChI is InChI=1S/C21H16Cl2N4S/c1-13-19(11-24)21(28-12-15-6-4-3-5-7-15)25-14(2)20(13)27-26-18-9-16(22)8-17(23)10-18/h3-10H,12H2,1-2H3. The molecular formula is C21H16Cl2N4S. The van der Waals surface area contributed by atoms with Gasteiger partial charge in [0, 0.05) is 15.8 Å². The van der Waals surface area contributed by atoms with Gasteiger partial charge in [0.05, 0.1) is 16.9 Å². The van der Waals surface area contributed by atoms with E-state index in [9.17, 15) is 5.26 Å². The van der Waals surface area contributed by atoms with E-state index in [1.54, 1.807) is 18.2 Å². The highest BCUT2D eigenvalue weighted by Gasteiger charge is 2.15. The van der Waals surface area contributed by atoms with Crippen molar-refractivity contribution in [2.45, 2.75) is 24.6 Å². The smallest absolute Gasteiger partial charge is 0.115 e. The van der Waals surface area contributed by atoms with E-state index in [4.69, 9.17) is 23.2 Å². The highest BCUT2D eigenvalue weighted by atomic mass is 35.5. The maximum Gasteiger partial charge on any atom is 0.115 e. The van der Waals surface area contributed by atoms with Crippen molar-refractivity contribution in [3.8, 4) is 6.07 Å². The van der Waals surface area contributed by atoms with E-state index >= 15 is 0 Å². The summed E-state index contributed by atoms with van der Waals surface area (Å²) >= 11 is 13.5. The van der Waals surface area contributed by atoms with Crippen LogP contribution in [0.4, 0.5) is 11.4 Å². The van der Waals surface area contributed by atoms with Crippen molar-refractivity contribution < 1.29 is 0 Å². The lowest BCUT2D eigenvalue weighted by molar-refractivity contribution is 1.01. The van der Waals surface area contributed by atoms with Gasteiger partial charge in [0.25, 0.3) is 0 Å². The van der Waals surface area contributed by atoms with E-state index in [2.05, 4.69) is 33.4 Å².